The van der Waals surface area contributed by atoms with Gasteiger partial charge < -0.3 is 9.84 Å². The van der Waals surface area contributed by atoms with Gasteiger partial charge in [-0.15, -0.1) is 0 Å². The first-order chi connectivity index (χ1) is 14.5. The standard InChI is InChI=1S/C23H31NO4S2/c1-3-5-6-7-8-9-15-28-18-13-11-17(12-14-18)16-20-21(25)24(23(29)30-20)19(10-4-2)22(26)27/h11-14,16,19H,3-10,15H2,1-2H3,(H,26,27)/b20-16+. The van der Waals surface area contributed by atoms with Crippen LogP contribution in [0.15, 0.2) is 29.2 Å². The summed E-state index contributed by atoms with van der Waals surface area (Å²) in [7, 11) is 0. The molecule has 1 unspecified atom stereocenters. The second-order valence-electron chi connectivity index (χ2n) is 7.38. The van der Waals surface area contributed by atoms with Gasteiger partial charge in [0.15, 0.2) is 0 Å². The van der Waals surface area contributed by atoms with Gasteiger partial charge in [0.25, 0.3) is 5.91 Å². The van der Waals surface area contributed by atoms with E-state index in [1.807, 2.05) is 31.2 Å². The van der Waals surface area contributed by atoms with Crippen molar-refractivity contribution in [3.05, 3.63) is 34.7 Å². The third-order valence-electron chi connectivity index (χ3n) is 4.93. The van der Waals surface area contributed by atoms with Crippen LogP contribution in [-0.2, 0) is 9.59 Å². The van der Waals surface area contributed by atoms with E-state index in [2.05, 4.69) is 6.92 Å². The molecule has 1 fully saturated rings. The second-order valence-corrected chi connectivity index (χ2v) is 9.06. The van der Waals surface area contributed by atoms with Gasteiger partial charge in [-0.05, 0) is 36.6 Å². The number of hydrogen-bond donors (Lipinski definition) is 1. The van der Waals surface area contributed by atoms with Crippen molar-refractivity contribution in [2.75, 3.05) is 6.61 Å². The highest BCUT2D eigenvalue weighted by Gasteiger charge is 2.39. The number of rotatable bonds is 13. The van der Waals surface area contributed by atoms with Crippen LogP contribution in [0.5, 0.6) is 5.75 Å². The molecule has 0 saturated carbocycles. The number of unbranched alkanes of at least 4 members (excludes halogenated alkanes) is 5. The summed E-state index contributed by atoms with van der Waals surface area (Å²) in [4.78, 5) is 26.0. The van der Waals surface area contributed by atoms with Crippen LogP contribution in [0.25, 0.3) is 6.08 Å². The molecular weight excluding hydrogens is 418 g/mol. The number of carboxylic acid groups (broad SMARTS) is 1. The van der Waals surface area contributed by atoms with Crippen LogP contribution in [0, 0.1) is 0 Å². The lowest BCUT2D eigenvalue weighted by Gasteiger charge is -2.22. The number of hydrogen-bond acceptors (Lipinski definition) is 5. The van der Waals surface area contributed by atoms with E-state index >= 15 is 0 Å². The minimum Gasteiger partial charge on any atom is -0.494 e. The molecule has 1 N–H and O–H groups in total. The van der Waals surface area contributed by atoms with Gasteiger partial charge in [-0.1, -0.05) is 88.5 Å². The van der Waals surface area contributed by atoms with Crippen molar-refractivity contribution in [3.8, 4) is 5.75 Å². The first-order valence-corrected chi connectivity index (χ1v) is 11.9. The Bertz CT molecular complexity index is 761. The number of aliphatic carboxylic acids is 1. The highest BCUT2D eigenvalue weighted by molar-refractivity contribution is 8.26. The molecule has 1 aliphatic heterocycles. The van der Waals surface area contributed by atoms with Gasteiger partial charge in [0.05, 0.1) is 11.5 Å². The van der Waals surface area contributed by atoms with E-state index in [0.29, 0.717) is 28.7 Å². The molecule has 30 heavy (non-hydrogen) atoms. The number of amides is 1. The van der Waals surface area contributed by atoms with Gasteiger partial charge in [-0.25, -0.2) is 4.79 Å². The first-order valence-electron chi connectivity index (χ1n) is 10.7. The zero-order chi connectivity index (χ0) is 21.9. The monoisotopic (exact) mass is 449 g/mol. The maximum absolute atomic E-state index is 12.7. The van der Waals surface area contributed by atoms with E-state index in [-0.39, 0.29) is 5.91 Å². The minimum atomic E-state index is -1.03. The molecule has 0 spiro atoms. The number of benzene rings is 1. The van der Waals surface area contributed by atoms with E-state index in [1.165, 1.54) is 37.0 Å². The van der Waals surface area contributed by atoms with Gasteiger partial charge in [0.2, 0.25) is 0 Å². The van der Waals surface area contributed by atoms with Crippen molar-refractivity contribution < 1.29 is 19.4 Å². The lowest BCUT2D eigenvalue weighted by atomic mass is 10.1. The molecule has 2 rings (SSSR count). The summed E-state index contributed by atoms with van der Waals surface area (Å²) in [5.41, 5.74) is 0.852. The molecule has 1 atom stereocenters. The summed E-state index contributed by atoms with van der Waals surface area (Å²) in [6.07, 6.45) is 10.1. The lowest BCUT2D eigenvalue weighted by molar-refractivity contribution is -0.145. The highest BCUT2D eigenvalue weighted by atomic mass is 32.2. The maximum Gasteiger partial charge on any atom is 0.326 e. The molecule has 5 nitrogen and oxygen atoms in total. The Hall–Kier alpha value is -1.86. The number of thiocarbonyl (C=S) groups is 1. The Labute approximate surface area is 188 Å². The highest BCUT2D eigenvalue weighted by Crippen LogP contribution is 2.35. The van der Waals surface area contributed by atoms with E-state index in [0.717, 1.165) is 29.5 Å². The van der Waals surface area contributed by atoms with Crippen LogP contribution in [0.3, 0.4) is 0 Å². The fraction of sp³-hybridized carbons (Fsp3) is 0.522. The smallest absolute Gasteiger partial charge is 0.326 e. The Morgan fingerprint density at radius 3 is 2.43 bits per heavy atom. The molecule has 1 aliphatic rings. The van der Waals surface area contributed by atoms with Crippen LogP contribution in [0.4, 0.5) is 0 Å². The van der Waals surface area contributed by atoms with Crippen molar-refractivity contribution in [1.82, 2.24) is 4.90 Å². The number of thioether (sulfide) groups is 1. The number of nitrogens with zero attached hydrogens (tertiary/aromatic N) is 1. The van der Waals surface area contributed by atoms with Gasteiger partial charge in [0, 0.05) is 0 Å². The van der Waals surface area contributed by atoms with E-state index in [9.17, 15) is 14.7 Å². The quantitative estimate of drug-likeness (QED) is 0.230. The fourth-order valence-electron chi connectivity index (χ4n) is 3.27. The zero-order valence-electron chi connectivity index (χ0n) is 17.8. The van der Waals surface area contributed by atoms with Crippen LogP contribution in [0.1, 0.15) is 70.8 Å². The Kier molecular flexibility index (Phi) is 10.4. The summed E-state index contributed by atoms with van der Waals surface area (Å²) < 4.78 is 6.09. The SMILES string of the molecule is CCCCCCCCOc1ccc(/C=C2/SC(=S)N(C(CCC)C(=O)O)C2=O)cc1. The second kappa shape index (κ2) is 12.7. The molecule has 1 saturated heterocycles. The lowest BCUT2D eigenvalue weighted by Crippen LogP contribution is -2.43. The van der Waals surface area contributed by atoms with Crippen LogP contribution >= 0.6 is 24.0 Å². The van der Waals surface area contributed by atoms with Crippen molar-refractivity contribution in [1.29, 1.82) is 0 Å². The molecule has 1 amide bonds. The molecule has 7 heteroatoms. The summed E-state index contributed by atoms with van der Waals surface area (Å²) in [5.74, 6) is -0.558. The van der Waals surface area contributed by atoms with Crippen molar-refractivity contribution in [3.63, 3.8) is 0 Å². The predicted molar refractivity (Wildman–Crippen MR) is 127 cm³/mol. The Morgan fingerprint density at radius 1 is 1.13 bits per heavy atom. The van der Waals surface area contributed by atoms with Crippen LogP contribution < -0.4 is 4.74 Å². The van der Waals surface area contributed by atoms with E-state index in [1.54, 1.807) is 6.08 Å². The Morgan fingerprint density at radius 2 is 1.80 bits per heavy atom. The normalized spacial score (nSPS) is 16.3. The molecule has 1 aromatic rings. The molecule has 1 aromatic carbocycles. The molecule has 0 aromatic heterocycles. The summed E-state index contributed by atoms with van der Waals surface area (Å²) in [6.45, 7) is 4.81. The largest absolute Gasteiger partial charge is 0.494 e. The summed E-state index contributed by atoms with van der Waals surface area (Å²) >= 11 is 6.43. The van der Waals surface area contributed by atoms with Crippen molar-refractivity contribution >= 4 is 46.3 Å². The van der Waals surface area contributed by atoms with Gasteiger partial charge in [-0.3, -0.25) is 9.69 Å². The van der Waals surface area contributed by atoms with E-state index < -0.39 is 12.0 Å². The third kappa shape index (κ3) is 7.13. The summed E-state index contributed by atoms with van der Waals surface area (Å²) in [5, 5.41) is 9.45. The molecule has 0 radical (unpaired) electrons. The third-order valence-corrected chi connectivity index (χ3v) is 6.26. The van der Waals surface area contributed by atoms with Crippen LogP contribution in [-0.4, -0.2) is 38.9 Å². The maximum atomic E-state index is 12.7. The predicted octanol–water partition coefficient (Wildman–Crippen LogP) is 5.88. The summed E-state index contributed by atoms with van der Waals surface area (Å²) in [6, 6.07) is 6.65. The average molecular weight is 450 g/mol. The molecule has 0 bridgehead atoms. The van der Waals surface area contributed by atoms with Gasteiger partial charge in [0.1, 0.15) is 16.1 Å². The van der Waals surface area contributed by atoms with Gasteiger partial charge >= 0.3 is 5.97 Å². The topological polar surface area (TPSA) is 66.8 Å². The number of ether oxygens (including phenoxy) is 1. The molecule has 0 aliphatic carbocycles. The van der Waals surface area contributed by atoms with Crippen molar-refractivity contribution in [2.24, 2.45) is 0 Å². The van der Waals surface area contributed by atoms with E-state index in [4.69, 9.17) is 17.0 Å². The van der Waals surface area contributed by atoms with Crippen LogP contribution in [0.2, 0.25) is 0 Å². The molecule has 1 heterocycles. The Balaban J connectivity index is 1.91. The van der Waals surface area contributed by atoms with Crippen molar-refractivity contribution in [2.45, 2.75) is 71.3 Å². The molecular formula is C23H31NO4S2. The number of carboxylic acids is 1. The number of carbonyl (C=O) groups excluding carboxylic acids is 1. The zero-order valence-corrected chi connectivity index (χ0v) is 19.4. The number of carbonyl (C=O) groups is 2. The molecule has 164 valence electrons. The fourth-order valence-corrected chi connectivity index (χ4v) is 4.63. The average Bonchev–Trinajstić information content (AvgIpc) is 2.99. The minimum absolute atomic E-state index is 0.297. The first kappa shape index (κ1) is 24.4. The van der Waals surface area contributed by atoms with Gasteiger partial charge in [-0.2, -0.15) is 0 Å².